The van der Waals surface area contributed by atoms with E-state index in [0.29, 0.717) is 5.92 Å². The molecule has 2 aromatic rings. The smallest absolute Gasteiger partial charge is 0.0738 e. The Morgan fingerprint density at radius 1 is 1.16 bits per heavy atom. The van der Waals surface area contributed by atoms with Crippen molar-refractivity contribution in [2.75, 3.05) is 0 Å². The molecule has 1 aromatic carbocycles. The van der Waals surface area contributed by atoms with Gasteiger partial charge in [0, 0.05) is 4.88 Å². The van der Waals surface area contributed by atoms with Gasteiger partial charge >= 0.3 is 0 Å². The molecule has 0 aliphatic rings. The average molecular weight is 402 g/mol. The lowest BCUT2D eigenvalue weighted by Crippen LogP contribution is -1.94. The minimum absolute atomic E-state index is 0.286. The molecule has 2 unspecified atom stereocenters. The summed E-state index contributed by atoms with van der Waals surface area (Å²) in [5.41, 5.74) is 4.05. The number of hydrogen-bond donors (Lipinski definition) is 0. The molecule has 0 nitrogen and oxygen atoms in total. The monoisotopic (exact) mass is 400 g/mol. The van der Waals surface area contributed by atoms with Crippen LogP contribution in [0.25, 0.3) is 0 Å². The van der Waals surface area contributed by atoms with Gasteiger partial charge in [0.25, 0.3) is 0 Å². The van der Waals surface area contributed by atoms with Crippen molar-refractivity contribution in [1.82, 2.24) is 0 Å². The number of rotatable bonds is 4. The fourth-order valence-electron chi connectivity index (χ4n) is 2.00. The van der Waals surface area contributed by atoms with Crippen molar-refractivity contribution in [2.24, 2.45) is 0 Å². The highest BCUT2D eigenvalue weighted by Crippen LogP contribution is 2.39. The summed E-state index contributed by atoms with van der Waals surface area (Å²) >= 11 is 9.21. The molecule has 0 spiro atoms. The van der Waals surface area contributed by atoms with Crippen LogP contribution in [0.2, 0.25) is 0 Å². The van der Waals surface area contributed by atoms with Gasteiger partial charge in [-0.3, -0.25) is 0 Å². The zero-order valence-electron chi connectivity index (χ0n) is 11.4. The van der Waals surface area contributed by atoms with Crippen LogP contribution in [0.1, 0.15) is 52.6 Å². The first kappa shape index (κ1) is 15.3. The third-order valence-electron chi connectivity index (χ3n) is 3.54. The number of hydrogen-bond acceptors (Lipinski definition) is 1. The predicted octanol–water partition coefficient (Wildman–Crippen LogP) is 6.82. The van der Waals surface area contributed by atoms with E-state index >= 15 is 0 Å². The quantitative estimate of drug-likeness (QED) is 0.493. The Kier molecular flexibility index (Phi) is 5.27. The van der Waals surface area contributed by atoms with E-state index in [2.05, 4.69) is 83.0 Å². The van der Waals surface area contributed by atoms with Gasteiger partial charge < -0.3 is 0 Å². The number of thiophene rings is 1. The Bertz CT molecular complexity index is 523. The molecule has 0 aliphatic carbocycles. The number of aryl methyl sites for hydroxylation is 1. The molecule has 0 bridgehead atoms. The topological polar surface area (TPSA) is 0 Å². The summed E-state index contributed by atoms with van der Waals surface area (Å²) in [4.78, 5) is 1.63. The predicted molar refractivity (Wildman–Crippen MR) is 92.7 cm³/mol. The maximum Gasteiger partial charge on any atom is 0.0738 e. The highest BCUT2D eigenvalue weighted by molar-refractivity contribution is 9.11. The zero-order valence-corrected chi connectivity index (χ0v) is 15.4. The van der Waals surface area contributed by atoms with Gasteiger partial charge in [0.2, 0.25) is 0 Å². The second kappa shape index (κ2) is 6.55. The fourth-order valence-corrected chi connectivity index (χ4v) is 4.30. The lowest BCUT2D eigenvalue weighted by Gasteiger charge is -2.12. The molecule has 3 heteroatoms. The highest BCUT2D eigenvalue weighted by Gasteiger charge is 2.14. The van der Waals surface area contributed by atoms with Crippen molar-refractivity contribution in [3.05, 3.63) is 55.7 Å². The molecule has 0 saturated carbocycles. The Balaban J connectivity index is 2.22. The zero-order chi connectivity index (χ0) is 14.0. The molecular formula is C16H18Br2S. The maximum atomic E-state index is 3.81. The molecule has 2 rings (SSSR count). The SMILES string of the molecule is CCC(C)c1ccc(C(Br)c2cc(C)c(Br)s2)cc1. The van der Waals surface area contributed by atoms with Gasteiger partial charge in [0.05, 0.1) is 8.61 Å². The van der Waals surface area contributed by atoms with Crippen LogP contribution in [0.3, 0.4) is 0 Å². The van der Waals surface area contributed by atoms with E-state index in [1.807, 2.05) is 0 Å². The lowest BCUT2D eigenvalue weighted by molar-refractivity contribution is 0.733. The lowest BCUT2D eigenvalue weighted by atomic mass is 9.97. The molecular weight excluding hydrogens is 384 g/mol. The van der Waals surface area contributed by atoms with Gasteiger partial charge in [-0.15, -0.1) is 11.3 Å². The third-order valence-corrected chi connectivity index (χ3v) is 7.06. The summed E-state index contributed by atoms with van der Waals surface area (Å²) in [6.45, 7) is 6.65. The van der Waals surface area contributed by atoms with E-state index in [4.69, 9.17) is 0 Å². The van der Waals surface area contributed by atoms with Crippen LogP contribution in [0.4, 0.5) is 0 Å². The van der Waals surface area contributed by atoms with Crippen molar-refractivity contribution in [2.45, 2.75) is 37.9 Å². The minimum Gasteiger partial charge on any atom is -0.131 e. The molecule has 0 saturated heterocycles. The molecule has 102 valence electrons. The Morgan fingerprint density at radius 2 is 1.74 bits per heavy atom. The summed E-state index contributed by atoms with van der Waals surface area (Å²) in [5.74, 6) is 0.640. The number of alkyl halides is 1. The van der Waals surface area contributed by atoms with Crippen LogP contribution in [-0.2, 0) is 0 Å². The fraction of sp³-hybridized carbons (Fsp3) is 0.375. The third kappa shape index (κ3) is 3.50. The molecule has 0 fully saturated rings. The highest BCUT2D eigenvalue weighted by atomic mass is 79.9. The summed E-state index contributed by atoms with van der Waals surface area (Å²) in [7, 11) is 0. The summed E-state index contributed by atoms with van der Waals surface area (Å²) in [5, 5.41) is 0. The van der Waals surface area contributed by atoms with Crippen molar-refractivity contribution in [1.29, 1.82) is 0 Å². The second-order valence-corrected chi connectivity index (χ2v) is 8.26. The molecule has 2 atom stereocenters. The molecule has 0 radical (unpaired) electrons. The van der Waals surface area contributed by atoms with Crippen LogP contribution in [0, 0.1) is 6.92 Å². The van der Waals surface area contributed by atoms with Crippen molar-refractivity contribution >= 4 is 43.2 Å². The van der Waals surface area contributed by atoms with Crippen molar-refractivity contribution in [3.63, 3.8) is 0 Å². The molecule has 0 amide bonds. The molecule has 19 heavy (non-hydrogen) atoms. The maximum absolute atomic E-state index is 3.81. The normalized spacial score (nSPS) is 14.4. The van der Waals surface area contributed by atoms with E-state index in [1.54, 1.807) is 11.3 Å². The molecule has 1 heterocycles. The summed E-state index contributed by atoms with van der Waals surface area (Å²) in [6, 6.07) is 11.2. The van der Waals surface area contributed by atoms with E-state index in [9.17, 15) is 0 Å². The largest absolute Gasteiger partial charge is 0.131 e. The van der Waals surface area contributed by atoms with Crippen LogP contribution >= 0.6 is 43.2 Å². The van der Waals surface area contributed by atoms with Gasteiger partial charge in [0.15, 0.2) is 0 Å². The van der Waals surface area contributed by atoms with Gasteiger partial charge in [-0.25, -0.2) is 0 Å². The van der Waals surface area contributed by atoms with Crippen molar-refractivity contribution < 1.29 is 0 Å². The van der Waals surface area contributed by atoms with E-state index in [-0.39, 0.29) is 4.83 Å². The number of benzene rings is 1. The van der Waals surface area contributed by atoms with Gasteiger partial charge in [-0.1, -0.05) is 54.0 Å². The Hall–Kier alpha value is -0.120. The van der Waals surface area contributed by atoms with Crippen molar-refractivity contribution in [3.8, 4) is 0 Å². The van der Waals surface area contributed by atoms with Crippen LogP contribution < -0.4 is 0 Å². The van der Waals surface area contributed by atoms with Gasteiger partial charge in [-0.05, 0) is 57.9 Å². The van der Waals surface area contributed by atoms with Crippen LogP contribution in [-0.4, -0.2) is 0 Å². The summed E-state index contributed by atoms with van der Waals surface area (Å²) in [6.07, 6.45) is 1.19. The second-order valence-electron chi connectivity index (χ2n) is 4.94. The Labute approximate surface area is 136 Å². The Morgan fingerprint density at radius 3 is 2.21 bits per heavy atom. The standard InChI is InChI=1S/C16H18Br2S/c1-4-10(2)12-5-7-13(8-6-12)15(17)14-9-11(3)16(18)19-14/h5-10,15H,4H2,1-3H3. The van der Waals surface area contributed by atoms with E-state index in [1.165, 1.54) is 31.8 Å². The molecule has 0 N–H and O–H groups in total. The van der Waals surface area contributed by atoms with Gasteiger partial charge in [0.1, 0.15) is 0 Å². The first-order chi connectivity index (χ1) is 9.02. The summed E-state index contributed by atoms with van der Waals surface area (Å²) < 4.78 is 1.23. The first-order valence-corrected chi connectivity index (χ1v) is 9.05. The molecule has 0 aliphatic heterocycles. The average Bonchev–Trinajstić information content (AvgIpc) is 2.77. The van der Waals surface area contributed by atoms with Crippen LogP contribution in [0.15, 0.2) is 34.1 Å². The minimum atomic E-state index is 0.286. The van der Waals surface area contributed by atoms with E-state index < -0.39 is 0 Å². The van der Waals surface area contributed by atoms with E-state index in [0.717, 1.165) is 0 Å². The molecule has 1 aromatic heterocycles. The van der Waals surface area contributed by atoms with Gasteiger partial charge in [-0.2, -0.15) is 0 Å². The van der Waals surface area contributed by atoms with Crippen LogP contribution in [0.5, 0.6) is 0 Å². The number of halogens is 2. The first-order valence-electron chi connectivity index (χ1n) is 6.52.